The van der Waals surface area contributed by atoms with Crippen molar-refractivity contribution in [1.29, 1.82) is 0 Å². The number of nitro groups is 3. The van der Waals surface area contributed by atoms with Gasteiger partial charge in [-0.2, -0.15) is 0 Å². The van der Waals surface area contributed by atoms with E-state index in [2.05, 4.69) is 0 Å². The minimum atomic E-state index is -1.75. The molecule has 11 nitrogen and oxygen atoms in total. The van der Waals surface area contributed by atoms with Crippen LogP contribution in [0.4, 0.5) is 17.1 Å². The average molecular weight is 444 g/mol. The van der Waals surface area contributed by atoms with E-state index in [1.54, 1.807) is 0 Å². The van der Waals surface area contributed by atoms with Crippen molar-refractivity contribution in [2.75, 3.05) is 0 Å². The van der Waals surface area contributed by atoms with Crippen LogP contribution in [0.5, 0.6) is 11.5 Å². The molecule has 1 rings (SSSR count). The fourth-order valence-electron chi connectivity index (χ4n) is 1.04. The summed E-state index contributed by atoms with van der Waals surface area (Å²) >= 11 is 0. The van der Waals surface area contributed by atoms with Gasteiger partial charge in [0, 0.05) is 0 Å². The van der Waals surface area contributed by atoms with Gasteiger partial charge in [0.1, 0.15) is 0 Å². The summed E-state index contributed by atoms with van der Waals surface area (Å²) in [4.78, 5) is 26.9. The Kier molecular flexibility index (Phi) is 4.90. The number of hydrogen-bond acceptors (Lipinski definition) is 8. The number of benzene rings is 1. The number of hydrogen-bond donors (Lipinski definition) is 0. The summed E-state index contributed by atoms with van der Waals surface area (Å²) < 4.78 is 0. The molecule has 0 heterocycles. The van der Waals surface area contributed by atoms with Gasteiger partial charge in [0.15, 0.2) is 0 Å². The van der Waals surface area contributed by atoms with Crippen LogP contribution in [-0.2, 0) is 27.7 Å². The van der Waals surface area contributed by atoms with Crippen LogP contribution in [0.3, 0.4) is 0 Å². The summed E-state index contributed by atoms with van der Waals surface area (Å²) in [5, 5.41) is 53.3. The van der Waals surface area contributed by atoms with Gasteiger partial charge in [0.25, 0.3) is 17.1 Å². The second kappa shape index (κ2) is 5.53. The van der Waals surface area contributed by atoms with Crippen LogP contribution < -0.4 is 10.2 Å². The molecule has 0 aliphatic carbocycles. The summed E-state index contributed by atoms with van der Waals surface area (Å²) in [6.07, 6.45) is 0. The van der Waals surface area contributed by atoms with Crippen LogP contribution in [0, 0.1) is 30.3 Å². The van der Waals surface area contributed by atoms with Gasteiger partial charge in [-0.25, -0.2) is 0 Å². The van der Waals surface area contributed by atoms with Gasteiger partial charge in [0.05, 0.1) is 32.3 Å². The van der Waals surface area contributed by atoms with E-state index >= 15 is 0 Å². The van der Waals surface area contributed by atoms with E-state index in [9.17, 15) is 40.6 Å². The van der Waals surface area contributed by atoms with Gasteiger partial charge in [-0.15, -0.1) is 0 Å². The van der Waals surface area contributed by atoms with Crippen LogP contribution in [0.15, 0.2) is 6.07 Å². The molecule has 90 valence electrons. The van der Waals surface area contributed by atoms with Gasteiger partial charge in [-0.3, -0.25) is 30.3 Å². The third-order valence-electron chi connectivity index (χ3n) is 1.74. The molecule has 0 fully saturated rings. The van der Waals surface area contributed by atoms with E-state index in [1.807, 2.05) is 0 Å². The third-order valence-corrected chi connectivity index (χ3v) is 1.74. The van der Waals surface area contributed by atoms with Crippen LogP contribution in [0.2, 0.25) is 0 Å². The van der Waals surface area contributed by atoms with Crippen molar-refractivity contribution in [3.8, 4) is 11.5 Å². The van der Waals surface area contributed by atoms with Crippen LogP contribution in [0.1, 0.15) is 0 Å². The fourth-order valence-corrected chi connectivity index (χ4v) is 1.04. The van der Waals surface area contributed by atoms with Crippen molar-refractivity contribution >= 4 is 17.1 Å². The molecule has 0 radical (unpaired) electrons. The fraction of sp³-hybridized carbons (Fsp3) is 0. The zero-order chi connectivity index (χ0) is 13.3. The van der Waals surface area contributed by atoms with Crippen LogP contribution in [-0.4, -0.2) is 14.8 Å². The van der Waals surface area contributed by atoms with Crippen molar-refractivity contribution < 1.29 is 52.7 Å². The smallest absolute Gasteiger partial charge is 0.863 e. The van der Waals surface area contributed by atoms with E-state index in [4.69, 9.17) is 0 Å². The Morgan fingerprint density at radius 3 is 1.33 bits per heavy atom. The second-order valence-electron chi connectivity index (χ2n) is 2.69. The SMILES string of the molecule is O=[N+]([O-])c1cc([N+](=O)[O-])c([O-])c([N+](=O)[O-])c1[O-].[Hg+2]. The van der Waals surface area contributed by atoms with Crippen molar-refractivity contribution in [2.24, 2.45) is 0 Å². The standard InChI is InChI=1S/C6H3N3O8.Hg/c10-5-2(7(12)13)1-3(8(14)15)6(11)4(5)9(16)17;/h1,10-11H;/q;+2/p-2. The zero-order valence-electron chi connectivity index (χ0n) is 8.39. The maximum Gasteiger partial charge on any atom is 2.00 e. The molecular weight excluding hydrogens is 443 g/mol. The first-order chi connectivity index (χ1) is 7.77. The summed E-state index contributed by atoms with van der Waals surface area (Å²) in [5.41, 5.74) is -4.48. The van der Waals surface area contributed by atoms with Crippen molar-refractivity contribution in [3.05, 3.63) is 36.4 Å². The van der Waals surface area contributed by atoms with E-state index in [1.165, 1.54) is 0 Å². The minimum absolute atomic E-state index is 0. The Balaban J connectivity index is 0.00000289. The Bertz CT molecular complexity index is 506. The minimum Gasteiger partial charge on any atom is -0.863 e. The van der Waals surface area contributed by atoms with Gasteiger partial charge in [-0.05, 0) is 0 Å². The predicted molar refractivity (Wildman–Crippen MR) is 45.3 cm³/mol. The molecule has 0 bridgehead atoms. The predicted octanol–water partition coefficient (Wildman–Crippen LogP) is -0.444. The molecule has 0 spiro atoms. The molecule has 0 atom stereocenters. The first-order valence-corrected chi connectivity index (χ1v) is 3.75. The molecule has 0 aromatic heterocycles. The van der Waals surface area contributed by atoms with E-state index in [0.717, 1.165) is 0 Å². The molecule has 0 saturated carbocycles. The molecule has 12 heteroatoms. The van der Waals surface area contributed by atoms with Gasteiger partial charge in [0.2, 0.25) is 0 Å². The number of nitro benzene ring substituents is 3. The van der Waals surface area contributed by atoms with Crippen molar-refractivity contribution in [3.63, 3.8) is 0 Å². The molecule has 1 aromatic carbocycles. The van der Waals surface area contributed by atoms with E-state index in [-0.39, 0.29) is 33.7 Å². The topological polar surface area (TPSA) is 176 Å². The quantitative estimate of drug-likeness (QED) is 0.343. The molecule has 0 N–H and O–H groups in total. The molecule has 0 amide bonds. The third kappa shape index (κ3) is 2.61. The largest absolute Gasteiger partial charge is 2.00 e. The summed E-state index contributed by atoms with van der Waals surface area (Å²) in [6.45, 7) is 0. The van der Waals surface area contributed by atoms with Crippen molar-refractivity contribution in [2.45, 2.75) is 0 Å². The van der Waals surface area contributed by atoms with Crippen molar-refractivity contribution in [1.82, 2.24) is 0 Å². The number of rotatable bonds is 3. The maximum atomic E-state index is 11.1. The molecular formula is C6HHgN3O8. The zero-order valence-corrected chi connectivity index (χ0v) is 13.9. The average Bonchev–Trinajstić information content (AvgIpc) is 2.15. The summed E-state index contributed by atoms with van der Waals surface area (Å²) in [6, 6.07) is 0.109. The van der Waals surface area contributed by atoms with Gasteiger partial charge >= 0.3 is 27.7 Å². The van der Waals surface area contributed by atoms with Gasteiger partial charge < -0.3 is 10.2 Å². The molecule has 0 saturated heterocycles. The summed E-state index contributed by atoms with van der Waals surface area (Å²) in [7, 11) is 0. The molecule has 1 aromatic rings. The molecule has 0 aliphatic rings. The first kappa shape index (κ1) is 16.0. The van der Waals surface area contributed by atoms with Crippen LogP contribution in [0.25, 0.3) is 0 Å². The Labute approximate surface area is 118 Å². The molecule has 0 unspecified atom stereocenters. The normalized spacial score (nSPS) is 9.33. The Morgan fingerprint density at radius 1 is 0.778 bits per heavy atom. The second-order valence-corrected chi connectivity index (χ2v) is 2.69. The monoisotopic (exact) mass is 445 g/mol. The molecule has 18 heavy (non-hydrogen) atoms. The number of nitrogens with zero attached hydrogens (tertiary/aromatic N) is 3. The van der Waals surface area contributed by atoms with E-state index in [0.29, 0.717) is 0 Å². The first-order valence-electron chi connectivity index (χ1n) is 3.75. The summed E-state index contributed by atoms with van der Waals surface area (Å²) in [5.74, 6) is -3.51. The van der Waals surface area contributed by atoms with E-state index < -0.39 is 43.3 Å². The molecule has 0 aliphatic heterocycles. The van der Waals surface area contributed by atoms with Gasteiger partial charge in [-0.1, -0.05) is 0 Å². The van der Waals surface area contributed by atoms with Crippen LogP contribution >= 0.6 is 0 Å². The Morgan fingerprint density at radius 2 is 1.11 bits per heavy atom. The maximum absolute atomic E-state index is 11.1. The Hall–Kier alpha value is -2.04.